The lowest BCUT2D eigenvalue weighted by atomic mass is 9.80. The molecule has 37 heavy (non-hydrogen) atoms. The molecule has 1 unspecified atom stereocenters. The van der Waals surface area contributed by atoms with E-state index in [9.17, 15) is 19.8 Å². The molecule has 8 heteroatoms. The lowest BCUT2D eigenvalue weighted by Crippen LogP contribution is -2.32. The Kier molecular flexibility index (Phi) is 5.87. The summed E-state index contributed by atoms with van der Waals surface area (Å²) in [7, 11) is 0. The standard InChI is InChI=1S/C29H27NO7/c31-18-4-8-23-24(15-18)36-13-11-22-21-7-3-19(32)16-25(21)37-29(28(22)23)17-1-5-20(6-2-17)35-14-12-30-26(33)9-10-27(30)34/h1,3-8,15-17,29,31-32H,2,9-14H2/t17-,29?/m1/s1. The van der Waals surface area contributed by atoms with Gasteiger partial charge in [-0.05, 0) is 48.4 Å². The van der Waals surface area contributed by atoms with E-state index < -0.39 is 0 Å². The van der Waals surface area contributed by atoms with E-state index in [1.807, 2.05) is 24.3 Å². The Bertz CT molecular complexity index is 1360. The molecule has 0 spiro atoms. The first kappa shape index (κ1) is 23.2. The summed E-state index contributed by atoms with van der Waals surface area (Å²) in [5.41, 5.74) is 3.94. The molecule has 2 atom stereocenters. The van der Waals surface area contributed by atoms with Crippen molar-refractivity contribution >= 4 is 23.0 Å². The Morgan fingerprint density at radius 3 is 2.41 bits per heavy atom. The summed E-state index contributed by atoms with van der Waals surface area (Å²) in [4.78, 5) is 24.9. The summed E-state index contributed by atoms with van der Waals surface area (Å²) in [5, 5.41) is 20.2. The molecule has 0 saturated carbocycles. The Balaban J connectivity index is 1.26. The topological polar surface area (TPSA) is 106 Å². The summed E-state index contributed by atoms with van der Waals surface area (Å²) in [6.45, 7) is 0.954. The molecule has 190 valence electrons. The lowest BCUT2D eigenvalue weighted by molar-refractivity contribution is -0.138. The van der Waals surface area contributed by atoms with Gasteiger partial charge in [-0.2, -0.15) is 0 Å². The highest BCUT2D eigenvalue weighted by atomic mass is 16.5. The largest absolute Gasteiger partial charge is 0.508 e. The van der Waals surface area contributed by atoms with Crippen LogP contribution in [0.5, 0.6) is 23.0 Å². The van der Waals surface area contributed by atoms with Gasteiger partial charge in [0.25, 0.3) is 0 Å². The normalized spacial score (nSPS) is 22.4. The molecule has 2 N–H and O–H groups in total. The maximum Gasteiger partial charge on any atom is 0.229 e. The number of carbonyl (C=O) groups excluding carboxylic acids is 2. The van der Waals surface area contributed by atoms with Gasteiger partial charge in [0.2, 0.25) is 11.8 Å². The van der Waals surface area contributed by atoms with Gasteiger partial charge in [-0.3, -0.25) is 14.5 Å². The van der Waals surface area contributed by atoms with Gasteiger partial charge in [0, 0.05) is 54.0 Å². The molecule has 1 aliphatic carbocycles. The van der Waals surface area contributed by atoms with Crippen LogP contribution in [0.1, 0.15) is 36.8 Å². The minimum absolute atomic E-state index is 0.0191. The van der Waals surface area contributed by atoms with Crippen LogP contribution in [0.2, 0.25) is 0 Å². The van der Waals surface area contributed by atoms with Gasteiger partial charge in [0.05, 0.1) is 13.2 Å². The third kappa shape index (κ3) is 4.33. The van der Waals surface area contributed by atoms with Crippen LogP contribution in [0.4, 0.5) is 0 Å². The van der Waals surface area contributed by atoms with Crippen molar-refractivity contribution in [3.8, 4) is 23.0 Å². The van der Waals surface area contributed by atoms with Gasteiger partial charge in [-0.25, -0.2) is 0 Å². The van der Waals surface area contributed by atoms with Gasteiger partial charge < -0.3 is 24.4 Å². The monoisotopic (exact) mass is 501 g/mol. The summed E-state index contributed by atoms with van der Waals surface area (Å²) >= 11 is 0. The second kappa shape index (κ2) is 9.35. The van der Waals surface area contributed by atoms with E-state index >= 15 is 0 Å². The maximum absolute atomic E-state index is 11.8. The summed E-state index contributed by atoms with van der Waals surface area (Å²) in [6, 6.07) is 10.3. The minimum Gasteiger partial charge on any atom is -0.508 e. The predicted octanol–water partition coefficient (Wildman–Crippen LogP) is 4.18. The lowest BCUT2D eigenvalue weighted by Gasteiger charge is -2.35. The maximum atomic E-state index is 11.8. The predicted molar refractivity (Wildman–Crippen MR) is 135 cm³/mol. The number of carbonyl (C=O) groups is 2. The molecule has 3 aliphatic heterocycles. The third-order valence-electron chi connectivity index (χ3n) is 7.25. The number of benzene rings is 2. The van der Waals surface area contributed by atoms with Crippen molar-refractivity contribution in [2.75, 3.05) is 19.8 Å². The smallest absolute Gasteiger partial charge is 0.229 e. The average molecular weight is 502 g/mol. The molecule has 0 bridgehead atoms. The number of rotatable bonds is 5. The highest BCUT2D eigenvalue weighted by molar-refractivity contribution is 6.02. The zero-order valence-electron chi connectivity index (χ0n) is 20.2. The van der Waals surface area contributed by atoms with Crippen LogP contribution in [0.3, 0.4) is 0 Å². The summed E-state index contributed by atoms with van der Waals surface area (Å²) in [6.07, 6.45) is 7.46. The van der Waals surface area contributed by atoms with Gasteiger partial charge in [0.15, 0.2) is 0 Å². The van der Waals surface area contributed by atoms with Gasteiger partial charge in [-0.15, -0.1) is 0 Å². The molecule has 8 nitrogen and oxygen atoms in total. The van der Waals surface area contributed by atoms with Crippen LogP contribution in [0.15, 0.2) is 60.4 Å². The summed E-state index contributed by atoms with van der Waals surface area (Å²) < 4.78 is 18.4. The number of fused-ring (bicyclic) bond motifs is 4. The number of hydrogen-bond acceptors (Lipinski definition) is 7. The second-order valence-electron chi connectivity index (χ2n) is 9.54. The van der Waals surface area contributed by atoms with E-state index in [1.54, 1.807) is 24.3 Å². The second-order valence-corrected chi connectivity index (χ2v) is 9.54. The van der Waals surface area contributed by atoms with Crippen molar-refractivity contribution in [3.63, 3.8) is 0 Å². The van der Waals surface area contributed by atoms with E-state index in [0.717, 1.165) is 22.3 Å². The number of hydrogen-bond donors (Lipinski definition) is 2. The van der Waals surface area contributed by atoms with Crippen LogP contribution in [-0.2, 0) is 14.3 Å². The number of amides is 2. The molecule has 2 aromatic carbocycles. The molecular weight excluding hydrogens is 474 g/mol. The van der Waals surface area contributed by atoms with Crippen LogP contribution in [0, 0.1) is 5.92 Å². The van der Waals surface area contributed by atoms with Crippen molar-refractivity contribution in [1.29, 1.82) is 0 Å². The van der Waals surface area contributed by atoms with Crippen molar-refractivity contribution in [2.45, 2.75) is 31.8 Å². The fraction of sp³-hybridized carbons (Fsp3) is 0.310. The first-order valence-corrected chi connectivity index (χ1v) is 12.5. The van der Waals surface area contributed by atoms with Gasteiger partial charge >= 0.3 is 0 Å². The third-order valence-corrected chi connectivity index (χ3v) is 7.25. The van der Waals surface area contributed by atoms with Crippen LogP contribution < -0.4 is 9.47 Å². The molecule has 4 aliphatic rings. The minimum atomic E-state index is -0.344. The fourth-order valence-electron chi connectivity index (χ4n) is 5.45. The zero-order valence-corrected chi connectivity index (χ0v) is 20.2. The molecule has 6 rings (SSSR count). The molecule has 1 fully saturated rings. The highest BCUT2D eigenvalue weighted by Gasteiger charge is 2.37. The molecule has 0 aromatic heterocycles. The fourth-order valence-corrected chi connectivity index (χ4v) is 5.45. The van der Waals surface area contributed by atoms with E-state index in [1.165, 1.54) is 4.90 Å². The van der Waals surface area contributed by atoms with E-state index in [0.29, 0.717) is 36.7 Å². The Morgan fingerprint density at radius 2 is 1.68 bits per heavy atom. The number of phenolic OH excluding ortho intramolecular Hbond substituents is 2. The number of phenols is 2. The van der Waals surface area contributed by atoms with Crippen molar-refractivity contribution in [2.24, 2.45) is 5.92 Å². The SMILES string of the molecule is O=C1CCC(=O)N1CCOC1=CC[C@H](C2Oc3cc(O)ccc3C3=C2c2ccc(O)cc2OCC3)C=C1. The van der Waals surface area contributed by atoms with E-state index in [4.69, 9.17) is 14.2 Å². The van der Waals surface area contributed by atoms with Gasteiger partial charge in [-0.1, -0.05) is 6.08 Å². The number of aromatic hydroxyl groups is 2. The number of allylic oxidation sites excluding steroid dienone is 2. The highest BCUT2D eigenvalue weighted by Crippen LogP contribution is 2.49. The number of nitrogens with zero attached hydrogens (tertiary/aromatic N) is 1. The van der Waals surface area contributed by atoms with Crippen molar-refractivity contribution in [1.82, 2.24) is 4.90 Å². The Labute approximate surface area is 214 Å². The molecular formula is C29H27NO7. The molecule has 3 heterocycles. The molecule has 2 amide bonds. The Hall–Kier alpha value is -4.20. The molecule has 0 radical (unpaired) electrons. The quantitative estimate of drug-likeness (QED) is 0.592. The first-order chi connectivity index (χ1) is 18.0. The van der Waals surface area contributed by atoms with E-state index in [-0.39, 0.29) is 61.3 Å². The van der Waals surface area contributed by atoms with Crippen molar-refractivity contribution < 1.29 is 34.0 Å². The number of imide groups is 1. The molecule has 2 aromatic rings. The summed E-state index contributed by atoms with van der Waals surface area (Å²) in [5.74, 6) is 1.90. The van der Waals surface area contributed by atoms with E-state index in [2.05, 4.69) is 6.08 Å². The zero-order chi connectivity index (χ0) is 25.5. The first-order valence-electron chi connectivity index (χ1n) is 12.5. The average Bonchev–Trinajstić information content (AvgIpc) is 3.09. The Morgan fingerprint density at radius 1 is 0.946 bits per heavy atom. The van der Waals surface area contributed by atoms with Crippen molar-refractivity contribution in [3.05, 3.63) is 71.5 Å². The number of likely N-dealkylation sites (tertiary alicyclic amines) is 1. The van der Waals surface area contributed by atoms with Crippen LogP contribution in [0.25, 0.3) is 11.1 Å². The van der Waals surface area contributed by atoms with Crippen LogP contribution in [-0.4, -0.2) is 52.8 Å². The number of ether oxygens (including phenoxy) is 3. The van der Waals surface area contributed by atoms with Crippen LogP contribution >= 0.6 is 0 Å². The van der Waals surface area contributed by atoms with Gasteiger partial charge in [0.1, 0.15) is 41.5 Å². The molecule has 1 saturated heterocycles.